The van der Waals surface area contributed by atoms with E-state index in [1.807, 2.05) is 13.1 Å². The second-order valence-corrected chi connectivity index (χ2v) is 5.80. The van der Waals surface area contributed by atoms with Gasteiger partial charge in [-0.25, -0.2) is 0 Å². The Morgan fingerprint density at radius 3 is 2.14 bits per heavy atom. The van der Waals surface area contributed by atoms with Gasteiger partial charge in [0.25, 0.3) is 0 Å². The van der Waals surface area contributed by atoms with Crippen LogP contribution in [0.25, 0.3) is 11.1 Å². The zero-order chi connectivity index (χ0) is 15.6. The Balaban J connectivity index is 2.46. The third kappa shape index (κ3) is 3.22. The van der Waals surface area contributed by atoms with Crippen LogP contribution in [0.15, 0.2) is 30.3 Å². The molecule has 2 rings (SSSR count). The Kier molecular flexibility index (Phi) is 4.92. The Morgan fingerprint density at radius 2 is 1.67 bits per heavy atom. The number of ether oxygens (including phenoxy) is 1. The molecule has 0 saturated heterocycles. The van der Waals surface area contributed by atoms with Crippen LogP contribution in [-0.4, -0.2) is 14.2 Å². The van der Waals surface area contributed by atoms with Gasteiger partial charge >= 0.3 is 0 Å². The van der Waals surface area contributed by atoms with Gasteiger partial charge in [-0.15, -0.1) is 0 Å². The molecule has 0 spiro atoms. The van der Waals surface area contributed by atoms with Crippen LogP contribution in [0.4, 0.5) is 0 Å². The number of aryl methyl sites for hydroxylation is 2. The van der Waals surface area contributed by atoms with Gasteiger partial charge in [0.15, 0.2) is 0 Å². The summed E-state index contributed by atoms with van der Waals surface area (Å²) in [6.45, 7) is 6.23. The number of methoxy groups -OCH3 is 1. The second-order valence-electron chi connectivity index (χ2n) is 5.39. The van der Waals surface area contributed by atoms with Gasteiger partial charge in [-0.2, -0.15) is 0 Å². The number of nitrogens with one attached hydrogen (secondary N) is 1. The maximum atomic E-state index is 6.43. The quantitative estimate of drug-likeness (QED) is 0.866. The van der Waals surface area contributed by atoms with Gasteiger partial charge in [0.1, 0.15) is 5.75 Å². The number of halogens is 1. The highest BCUT2D eigenvalue weighted by Gasteiger charge is 2.11. The average Bonchev–Trinajstić information content (AvgIpc) is 2.46. The van der Waals surface area contributed by atoms with Gasteiger partial charge in [0, 0.05) is 11.1 Å². The first-order valence-electron chi connectivity index (χ1n) is 7.10. The molecule has 2 aromatic carbocycles. The molecule has 0 fully saturated rings. The fourth-order valence-corrected chi connectivity index (χ4v) is 3.00. The van der Waals surface area contributed by atoms with Crippen molar-refractivity contribution >= 4 is 11.6 Å². The molecule has 0 radical (unpaired) electrons. The summed E-state index contributed by atoms with van der Waals surface area (Å²) in [7, 11) is 3.64. The maximum absolute atomic E-state index is 6.43. The number of benzene rings is 2. The van der Waals surface area contributed by atoms with Gasteiger partial charge in [-0.3, -0.25) is 0 Å². The number of hydrogen-bond acceptors (Lipinski definition) is 2. The average molecular weight is 304 g/mol. The minimum atomic E-state index is 0.242. The predicted molar refractivity (Wildman–Crippen MR) is 90.4 cm³/mol. The standard InChI is InChI=1S/C18H22ClNO/c1-11-8-15(9-12(2)18(11)21-5)14-6-7-16(13(3)20-4)17(19)10-14/h6-10,13,20H,1-5H3. The molecule has 0 aliphatic heterocycles. The van der Waals surface area contributed by atoms with Crippen molar-refractivity contribution in [3.8, 4) is 16.9 Å². The molecule has 112 valence electrons. The minimum absolute atomic E-state index is 0.242. The zero-order valence-electron chi connectivity index (χ0n) is 13.3. The molecule has 3 heteroatoms. The summed E-state index contributed by atoms with van der Waals surface area (Å²) in [6, 6.07) is 10.8. The van der Waals surface area contributed by atoms with Crippen molar-refractivity contribution in [2.75, 3.05) is 14.2 Å². The fraction of sp³-hybridized carbons (Fsp3) is 0.333. The van der Waals surface area contributed by atoms with Gasteiger partial charge in [0.05, 0.1) is 7.11 Å². The van der Waals surface area contributed by atoms with E-state index in [4.69, 9.17) is 16.3 Å². The largest absolute Gasteiger partial charge is 0.496 e. The van der Waals surface area contributed by atoms with Crippen LogP contribution in [-0.2, 0) is 0 Å². The first kappa shape index (κ1) is 15.9. The fourth-order valence-electron chi connectivity index (χ4n) is 2.65. The predicted octanol–water partition coefficient (Wildman–Crippen LogP) is 4.91. The molecule has 1 unspecified atom stereocenters. The molecular formula is C18H22ClNO. The Hall–Kier alpha value is -1.51. The normalized spacial score (nSPS) is 12.3. The van der Waals surface area contributed by atoms with Crippen LogP contribution in [0.1, 0.15) is 29.7 Å². The van der Waals surface area contributed by atoms with E-state index in [0.717, 1.165) is 38.6 Å². The van der Waals surface area contributed by atoms with Crippen molar-refractivity contribution in [2.24, 2.45) is 0 Å². The molecule has 0 aliphatic rings. The molecule has 0 aromatic heterocycles. The summed E-state index contributed by atoms with van der Waals surface area (Å²) in [4.78, 5) is 0. The van der Waals surface area contributed by atoms with Crippen molar-refractivity contribution in [1.82, 2.24) is 5.32 Å². The lowest BCUT2D eigenvalue weighted by Gasteiger charge is -2.15. The molecule has 1 N–H and O–H groups in total. The summed E-state index contributed by atoms with van der Waals surface area (Å²) in [5, 5.41) is 4.01. The smallest absolute Gasteiger partial charge is 0.124 e. The van der Waals surface area contributed by atoms with Crippen molar-refractivity contribution in [2.45, 2.75) is 26.8 Å². The van der Waals surface area contributed by atoms with E-state index >= 15 is 0 Å². The summed E-state index contributed by atoms with van der Waals surface area (Å²) in [5.41, 5.74) is 5.68. The molecule has 0 heterocycles. The van der Waals surface area contributed by atoms with Crippen molar-refractivity contribution in [3.05, 3.63) is 52.0 Å². The third-order valence-electron chi connectivity index (χ3n) is 3.90. The zero-order valence-corrected chi connectivity index (χ0v) is 14.0. The Bertz CT molecular complexity index is 629. The molecule has 21 heavy (non-hydrogen) atoms. The molecule has 0 aliphatic carbocycles. The Morgan fingerprint density at radius 1 is 1.05 bits per heavy atom. The third-order valence-corrected chi connectivity index (χ3v) is 4.23. The summed E-state index contributed by atoms with van der Waals surface area (Å²) in [5.74, 6) is 0.949. The number of hydrogen-bond donors (Lipinski definition) is 1. The topological polar surface area (TPSA) is 21.3 Å². The second kappa shape index (κ2) is 6.50. The van der Waals surface area contributed by atoms with Crippen LogP contribution < -0.4 is 10.1 Å². The summed E-state index contributed by atoms with van der Waals surface area (Å²) >= 11 is 6.43. The van der Waals surface area contributed by atoms with E-state index in [0.29, 0.717) is 0 Å². The lowest BCUT2D eigenvalue weighted by molar-refractivity contribution is 0.408. The van der Waals surface area contributed by atoms with Crippen molar-refractivity contribution in [1.29, 1.82) is 0 Å². The van der Waals surface area contributed by atoms with E-state index in [9.17, 15) is 0 Å². The van der Waals surface area contributed by atoms with Gasteiger partial charge in [0.2, 0.25) is 0 Å². The van der Waals surface area contributed by atoms with E-state index < -0.39 is 0 Å². The van der Waals surface area contributed by atoms with Crippen molar-refractivity contribution < 1.29 is 4.74 Å². The highest BCUT2D eigenvalue weighted by molar-refractivity contribution is 6.31. The summed E-state index contributed by atoms with van der Waals surface area (Å²) < 4.78 is 5.42. The molecule has 0 amide bonds. The highest BCUT2D eigenvalue weighted by Crippen LogP contribution is 2.33. The van der Waals surface area contributed by atoms with E-state index in [1.54, 1.807) is 7.11 Å². The van der Waals surface area contributed by atoms with Crippen LogP contribution in [0, 0.1) is 13.8 Å². The first-order valence-corrected chi connectivity index (χ1v) is 7.48. The SMILES string of the molecule is CNC(C)c1ccc(-c2cc(C)c(OC)c(C)c2)cc1Cl. The van der Waals surface area contributed by atoms with Gasteiger partial charge in [-0.1, -0.05) is 23.7 Å². The summed E-state index contributed by atoms with van der Waals surface area (Å²) in [6.07, 6.45) is 0. The maximum Gasteiger partial charge on any atom is 0.124 e. The number of rotatable bonds is 4. The molecular weight excluding hydrogens is 282 g/mol. The van der Waals surface area contributed by atoms with E-state index in [-0.39, 0.29) is 6.04 Å². The van der Waals surface area contributed by atoms with Crippen molar-refractivity contribution in [3.63, 3.8) is 0 Å². The van der Waals surface area contributed by atoms with E-state index in [2.05, 4.69) is 50.4 Å². The molecule has 2 nitrogen and oxygen atoms in total. The lowest BCUT2D eigenvalue weighted by Crippen LogP contribution is -2.12. The molecule has 0 bridgehead atoms. The van der Waals surface area contributed by atoms with E-state index in [1.165, 1.54) is 0 Å². The molecule has 0 saturated carbocycles. The van der Waals surface area contributed by atoms with Crippen LogP contribution in [0.3, 0.4) is 0 Å². The minimum Gasteiger partial charge on any atom is -0.496 e. The van der Waals surface area contributed by atoms with Gasteiger partial charge in [-0.05, 0) is 73.8 Å². The highest BCUT2D eigenvalue weighted by atomic mass is 35.5. The Labute approximate surface area is 132 Å². The molecule has 2 aromatic rings. The van der Waals surface area contributed by atoms with Crippen LogP contribution in [0.5, 0.6) is 5.75 Å². The van der Waals surface area contributed by atoms with Crippen LogP contribution >= 0.6 is 11.6 Å². The molecule has 1 atom stereocenters. The lowest BCUT2D eigenvalue weighted by atomic mass is 9.97. The monoisotopic (exact) mass is 303 g/mol. The van der Waals surface area contributed by atoms with Crippen LogP contribution in [0.2, 0.25) is 5.02 Å². The van der Waals surface area contributed by atoms with Gasteiger partial charge < -0.3 is 10.1 Å². The first-order chi connectivity index (χ1) is 9.97.